The van der Waals surface area contributed by atoms with Gasteiger partial charge in [-0.05, 0) is 55.8 Å². The highest BCUT2D eigenvalue weighted by Crippen LogP contribution is 2.51. The molecule has 0 amide bonds. The number of hydrogen-bond donors (Lipinski definition) is 1. The minimum absolute atomic E-state index is 0.0494. The van der Waals surface area contributed by atoms with Gasteiger partial charge in [0.05, 0.1) is 6.10 Å². The summed E-state index contributed by atoms with van der Waals surface area (Å²) < 4.78 is 0. The molecule has 0 aromatic rings. The molecule has 0 aliphatic heterocycles. The Morgan fingerprint density at radius 2 is 1.56 bits per heavy atom. The van der Waals surface area contributed by atoms with Gasteiger partial charge in [0.25, 0.3) is 0 Å². The Labute approximate surface area is 99.6 Å². The molecule has 0 aromatic heterocycles. The van der Waals surface area contributed by atoms with E-state index < -0.39 is 0 Å². The smallest absolute Gasteiger partial charge is 0.0599 e. The monoisotopic (exact) mass is 222 g/mol. The maximum Gasteiger partial charge on any atom is 0.0599 e. The first kappa shape index (κ1) is 11.1. The molecule has 4 unspecified atom stereocenters. The SMILES string of the molecule is OC(C1CCCCCC1)C1CC2CCC1C2. The van der Waals surface area contributed by atoms with Crippen molar-refractivity contribution < 1.29 is 5.11 Å². The number of hydrogen-bond acceptors (Lipinski definition) is 1. The Morgan fingerprint density at radius 1 is 0.812 bits per heavy atom. The third-order valence-corrected chi connectivity index (χ3v) is 5.61. The average Bonchev–Trinajstić information content (AvgIpc) is 2.82. The molecule has 3 aliphatic carbocycles. The van der Waals surface area contributed by atoms with Gasteiger partial charge in [-0.15, -0.1) is 0 Å². The lowest BCUT2D eigenvalue weighted by molar-refractivity contribution is 0.0193. The molecule has 4 atom stereocenters. The molecule has 0 radical (unpaired) electrons. The van der Waals surface area contributed by atoms with Crippen LogP contribution in [0, 0.1) is 23.7 Å². The summed E-state index contributed by atoms with van der Waals surface area (Å²) in [5.41, 5.74) is 0. The summed E-state index contributed by atoms with van der Waals surface area (Å²) in [6.45, 7) is 0. The summed E-state index contributed by atoms with van der Waals surface area (Å²) in [6, 6.07) is 0. The van der Waals surface area contributed by atoms with Gasteiger partial charge in [-0.3, -0.25) is 0 Å². The van der Waals surface area contributed by atoms with Gasteiger partial charge in [-0.1, -0.05) is 32.1 Å². The lowest BCUT2D eigenvalue weighted by Crippen LogP contribution is -2.32. The fourth-order valence-electron chi connectivity index (χ4n) is 4.71. The van der Waals surface area contributed by atoms with Crippen molar-refractivity contribution >= 4 is 0 Å². The van der Waals surface area contributed by atoms with Crippen molar-refractivity contribution in [3.63, 3.8) is 0 Å². The molecular formula is C15H26O. The Balaban J connectivity index is 1.61. The Hall–Kier alpha value is -0.0400. The first-order chi connectivity index (χ1) is 7.84. The predicted octanol–water partition coefficient (Wildman–Crippen LogP) is 3.75. The quantitative estimate of drug-likeness (QED) is 0.705. The zero-order valence-corrected chi connectivity index (χ0v) is 10.4. The standard InChI is InChI=1S/C15H26O/c16-15(12-5-3-1-2-4-6-12)14-10-11-7-8-13(14)9-11/h11-16H,1-10H2. The molecule has 3 fully saturated rings. The maximum atomic E-state index is 10.6. The third-order valence-electron chi connectivity index (χ3n) is 5.61. The van der Waals surface area contributed by atoms with Gasteiger partial charge in [-0.2, -0.15) is 0 Å². The molecule has 1 nitrogen and oxygen atoms in total. The van der Waals surface area contributed by atoms with E-state index in [2.05, 4.69) is 0 Å². The summed E-state index contributed by atoms with van der Waals surface area (Å²) >= 11 is 0. The predicted molar refractivity (Wildman–Crippen MR) is 66.1 cm³/mol. The lowest BCUT2D eigenvalue weighted by atomic mass is 9.77. The van der Waals surface area contributed by atoms with E-state index in [0.29, 0.717) is 11.8 Å². The normalized spacial score (nSPS) is 42.2. The third kappa shape index (κ3) is 2.03. The van der Waals surface area contributed by atoms with E-state index in [4.69, 9.17) is 0 Å². The van der Waals surface area contributed by atoms with E-state index in [9.17, 15) is 5.11 Å². The summed E-state index contributed by atoms with van der Waals surface area (Å²) in [5, 5.41) is 10.6. The second kappa shape index (κ2) is 4.68. The van der Waals surface area contributed by atoms with Crippen LogP contribution in [0.4, 0.5) is 0 Å². The van der Waals surface area contributed by atoms with Crippen LogP contribution in [0.5, 0.6) is 0 Å². The van der Waals surface area contributed by atoms with Gasteiger partial charge in [0.1, 0.15) is 0 Å². The van der Waals surface area contributed by atoms with E-state index >= 15 is 0 Å². The van der Waals surface area contributed by atoms with Crippen molar-refractivity contribution in [3.8, 4) is 0 Å². The van der Waals surface area contributed by atoms with Crippen LogP contribution in [0.3, 0.4) is 0 Å². The van der Waals surface area contributed by atoms with E-state index in [1.807, 2.05) is 0 Å². The summed E-state index contributed by atoms with van der Waals surface area (Å²) in [7, 11) is 0. The van der Waals surface area contributed by atoms with Crippen molar-refractivity contribution in [1.29, 1.82) is 0 Å². The molecule has 16 heavy (non-hydrogen) atoms. The topological polar surface area (TPSA) is 20.2 Å². The van der Waals surface area contributed by atoms with Crippen LogP contribution >= 0.6 is 0 Å². The molecule has 2 bridgehead atoms. The molecule has 3 rings (SSSR count). The van der Waals surface area contributed by atoms with Crippen LogP contribution < -0.4 is 0 Å². The number of fused-ring (bicyclic) bond motifs is 2. The van der Waals surface area contributed by atoms with E-state index in [1.54, 1.807) is 0 Å². The largest absolute Gasteiger partial charge is 0.393 e. The highest BCUT2D eigenvalue weighted by atomic mass is 16.3. The number of rotatable bonds is 2. The van der Waals surface area contributed by atoms with Crippen molar-refractivity contribution in [2.75, 3.05) is 0 Å². The molecule has 3 aliphatic rings. The summed E-state index contributed by atoms with van der Waals surface area (Å²) in [5.74, 6) is 3.20. The Kier molecular flexibility index (Phi) is 3.24. The van der Waals surface area contributed by atoms with Crippen LogP contribution in [-0.2, 0) is 0 Å². The highest BCUT2D eigenvalue weighted by molar-refractivity contribution is 4.94. The second-order valence-electron chi connectivity index (χ2n) is 6.58. The Morgan fingerprint density at radius 3 is 2.12 bits per heavy atom. The zero-order chi connectivity index (χ0) is 11.0. The summed E-state index contributed by atoms with van der Waals surface area (Å²) in [6.07, 6.45) is 13.8. The fourth-order valence-corrected chi connectivity index (χ4v) is 4.71. The van der Waals surface area contributed by atoms with E-state index in [-0.39, 0.29) is 6.10 Å². The van der Waals surface area contributed by atoms with Crippen LogP contribution in [-0.4, -0.2) is 11.2 Å². The van der Waals surface area contributed by atoms with Gasteiger partial charge in [0.2, 0.25) is 0 Å². The van der Waals surface area contributed by atoms with Crippen LogP contribution in [0.25, 0.3) is 0 Å². The van der Waals surface area contributed by atoms with Gasteiger partial charge in [0, 0.05) is 0 Å². The van der Waals surface area contributed by atoms with E-state index in [1.165, 1.54) is 64.2 Å². The minimum Gasteiger partial charge on any atom is -0.393 e. The molecule has 1 heteroatoms. The number of aliphatic hydroxyl groups is 1. The lowest BCUT2D eigenvalue weighted by Gasteiger charge is -2.32. The molecule has 0 saturated heterocycles. The molecule has 1 N–H and O–H groups in total. The molecule has 0 heterocycles. The van der Waals surface area contributed by atoms with Crippen molar-refractivity contribution in [2.45, 2.75) is 70.3 Å². The molecule has 0 aromatic carbocycles. The van der Waals surface area contributed by atoms with Crippen molar-refractivity contribution in [2.24, 2.45) is 23.7 Å². The Bertz CT molecular complexity index is 230. The second-order valence-corrected chi connectivity index (χ2v) is 6.58. The molecule has 0 spiro atoms. The number of aliphatic hydroxyl groups excluding tert-OH is 1. The maximum absolute atomic E-state index is 10.6. The molecule has 92 valence electrons. The highest BCUT2D eigenvalue weighted by Gasteiger charge is 2.44. The van der Waals surface area contributed by atoms with Crippen molar-refractivity contribution in [1.82, 2.24) is 0 Å². The van der Waals surface area contributed by atoms with Gasteiger partial charge in [-0.25, -0.2) is 0 Å². The van der Waals surface area contributed by atoms with Crippen molar-refractivity contribution in [3.05, 3.63) is 0 Å². The van der Waals surface area contributed by atoms with Gasteiger partial charge < -0.3 is 5.11 Å². The van der Waals surface area contributed by atoms with Crippen LogP contribution in [0.15, 0.2) is 0 Å². The minimum atomic E-state index is 0.0494. The van der Waals surface area contributed by atoms with E-state index in [0.717, 1.165) is 11.8 Å². The van der Waals surface area contributed by atoms with Gasteiger partial charge >= 0.3 is 0 Å². The first-order valence-electron chi connectivity index (χ1n) is 7.52. The fraction of sp³-hybridized carbons (Fsp3) is 1.00. The average molecular weight is 222 g/mol. The summed E-state index contributed by atoms with van der Waals surface area (Å²) in [4.78, 5) is 0. The zero-order valence-electron chi connectivity index (χ0n) is 10.4. The van der Waals surface area contributed by atoms with Crippen LogP contribution in [0.2, 0.25) is 0 Å². The molecule has 3 saturated carbocycles. The molecular weight excluding hydrogens is 196 g/mol. The van der Waals surface area contributed by atoms with Gasteiger partial charge in [0.15, 0.2) is 0 Å². The van der Waals surface area contributed by atoms with Crippen LogP contribution in [0.1, 0.15) is 64.2 Å². The first-order valence-corrected chi connectivity index (χ1v) is 7.52.